The van der Waals surface area contributed by atoms with E-state index in [0.29, 0.717) is 0 Å². The van der Waals surface area contributed by atoms with Gasteiger partial charge in [0, 0.05) is 26.5 Å². The Bertz CT molecular complexity index is 530. The topological polar surface area (TPSA) is 50.2 Å². The summed E-state index contributed by atoms with van der Waals surface area (Å²) in [7, 11) is 5.29. The van der Waals surface area contributed by atoms with E-state index in [1.165, 1.54) is 4.90 Å². The molecule has 5 heteroatoms. The number of aromatic nitrogens is 2. The van der Waals surface area contributed by atoms with Crippen LogP contribution < -0.4 is 5.32 Å². The largest absolute Gasteiger partial charge is 0.331 e. The molecule has 2 rings (SSSR count). The van der Waals surface area contributed by atoms with Gasteiger partial charge in [0.2, 0.25) is 0 Å². The molecule has 84 valence electrons. The summed E-state index contributed by atoms with van der Waals surface area (Å²) in [6.07, 6.45) is 1.75. The van der Waals surface area contributed by atoms with Crippen LogP contribution in [0.4, 0.5) is 10.5 Å². The predicted octanol–water partition coefficient (Wildman–Crippen LogP) is 1.67. The minimum absolute atomic E-state index is 0.142. The van der Waals surface area contributed by atoms with Gasteiger partial charge in [-0.25, -0.2) is 4.79 Å². The zero-order valence-corrected chi connectivity index (χ0v) is 9.56. The molecule has 0 fully saturated rings. The number of nitrogens with one attached hydrogen (secondary N) is 1. The second-order valence-corrected chi connectivity index (χ2v) is 3.83. The van der Waals surface area contributed by atoms with Crippen LogP contribution in [0, 0.1) is 0 Å². The maximum Gasteiger partial charge on any atom is 0.321 e. The molecular formula is C11H14N4O. The molecule has 16 heavy (non-hydrogen) atoms. The first-order valence-electron chi connectivity index (χ1n) is 4.98. The standard InChI is InChI=1S/C11H14N4O/c1-14(2)11(16)13-9-5-4-6-10-8(9)7-12-15(10)3/h4-7H,1-3H3,(H,13,16). The van der Waals surface area contributed by atoms with Crippen LogP contribution in [0.5, 0.6) is 0 Å². The fourth-order valence-electron chi connectivity index (χ4n) is 1.51. The lowest BCUT2D eigenvalue weighted by Crippen LogP contribution is -2.27. The molecule has 1 aromatic carbocycles. The highest BCUT2D eigenvalue weighted by atomic mass is 16.2. The molecule has 0 atom stereocenters. The van der Waals surface area contributed by atoms with Crippen LogP contribution in [-0.4, -0.2) is 34.8 Å². The molecule has 0 saturated heterocycles. The van der Waals surface area contributed by atoms with Gasteiger partial charge in [-0.15, -0.1) is 0 Å². The molecule has 2 aromatic rings. The predicted molar refractivity (Wildman–Crippen MR) is 63.4 cm³/mol. The molecule has 1 heterocycles. The Hall–Kier alpha value is -2.04. The highest BCUT2D eigenvalue weighted by Crippen LogP contribution is 2.22. The molecule has 0 saturated carbocycles. The molecule has 0 aliphatic rings. The van der Waals surface area contributed by atoms with Crippen LogP contribution in [0.1, 0.15) is 0 Å². The first-order chi connectivity index (χ1) is 7.59. The number of fused-ring (bicyclic) bond motifs is 1. The van der Waals surface area contributed by atoms with Gasteiger partial charge in [0.25, 0.3) is 0 Å². The van der Waals surface area contributed by atoms with Crippen LogP contribution in [0.3, 0.4) is 0 Å². The number of rotatable bonds is 1. The first-order valence-corrected chi connectivity index (χ1v) is 4.98. The van der Waals surface area contributed by atoms with Gasteiger partial charge in [-0.05, 0) is 12.1 Å². The van der Waals surface area contributed by atoms with Crippen molar-refractivity contribution in [1.29, 1.82) is 0 Å². The average Bonchev–Trinajstić information content (AvgIpc) is 2.62. The minimum atomic E-state index is -0.142. The lowest BCUT2D eigenvalue weighted by atomic mass is 10.2. The summed E-state index contributed by atoms with van der Waals surface area (Å²) in [6, 6.07) is 5.59. The van der Waals surface area contributed by atoms with E-state index in [-0.39, 0.29) is 6.03 Å². The second kappa shape index (κ2) is 3.84. The lowest BCUT2D eigenvalue weighted by molar-refractivity contribution is 0.231. The fourth-order valence-corrected chi connectivity index (χ4v) is 1.51. The van der Waals surface area contributed by atoms with Gasteiger partial charge in [-0.1, -0.05) is 6.07 Å². The van der Waals surface area contributed by atoms with Gasteiger partial charge in [-0.3, -0.25) is 4.68 Å². The van der Waals surface area contributed by atoms with Crippen molar-refractivity contribution in [1.82, 2.24) is 14.7 Å². The molecule has 0 aliphatic carbocycles. The smallest absolute Gasteiger partial charge is 0.321 e. The maximum atomic E-state index is 11.6. The Morgan fingerprint density at radius 3 is 2.88 bits per heavy atom. The summed E-state index contributed by atoms with van der Waals surface area (Å²) >= 11 is 0. The van der Waals surface area contributed by atoms with Gasteiger partial charge in [-0.2, -0.15) is 5.10 Å². The number of anilines is 1. The summed E-state index contributed by atoms with van der Waals surface area (Å²) in [5.41, 5.74) is 1.78. The number of aryl methyl sites for hydroxylation is 1. The van der Waals surface area contributed by atoms with Gasteiger partial charge in [0.05, 0.1) is 17.4 Å². The van der Waals surface area contributed by atoms with Crippen molar-refractivity contribution >= 4 is 22.6 Å². The van der Waals surface area contributed by atoms with Crippen LogP contribution >= 0.6 is 0 Å². The van der Waals surface area contributed by atoms with Crippen molar-refractivity contribution in [2.45, 2.75) is 0 Å². The molecule has 0 spiro atoms. The van der Waals surface area contributed by atoms with Crippen LogP contribution in [0.25, 0.3) is 10.9 Å². The van der Waals surface area contributed by atoms with Crippen molar-refractivity contribution in [2.75, 3.05) is 19.4 Å². The van der Waals surface area contributed by atoms with Crippen molar-refractivity contribution < 1.29 is 4.79 Å². The number of urea groups is 1. The monoisotopic (exact) mass is 218 g/mol. The van der Waals surface area contributed by atoms with Crippen molar-refractivity contribution in [3.63, 3.8) is 0 Å². The lowest BCUT2D eigenvalue weighted by Gasteiger charge is -2.12. The zero-order valence-electron chi connectivity index (χ0n) is 9.56. The van der Waals surface area contributed by atoms with Crippen molar-refractivity contribution in [3.05, 3.63) is 24.4 Å². The van der Waals surface area contributed by atoms with E-state index in [1.54, 1.807) is 25.0 Å². The Balaban J connectivity index is 2.41. The Morgan fingerprint density at radius 2 is 2.19 bits per heavy atom. The summed E-state index contributed by atoms with van der Waals surface area (Å²) < 4.78 is 1.78. The molecular weight excluding hydrogens is 204 g/mol. The quantitative estimate of drug-likeness (QED) is 0.791. The molecule has 1 aromatic heterocycles. The number of carbonyl (C=O) groups is 1. The Kier molecular flexibility index (Phi) is 2.52. The number of carbonyl (C=O) groups excluding carboxylic acids is 1. The molecule has 0 bridgehead atoms. The number of nitrogens with zero attached hydrogens (tertiary/aromatic N) is 3. The minimum Gasteiger partial charge on any atom is -0.331 e. The molecule has 0 aliphatic heterocycles. The Labute approximate surface area is 93.7 Å². The second-order valence-electron chi connectivity index (χ2n) is 3.83. The number of amides is 2. The summed E-state index contributed by atoms with van der Waals surface area (Å²) in [5, 5.41) is 7.94. The first kappa shape index (κ1) is 10.5. The Morgan fingerprint density at radius 1 is 1.44 bits per heavy atom. The molecule has 0 unspecified atom stereocenters. The third-order valence-corrected chi connectivity index (χ3v) is 2.44. The van der Waals surface area contributed by atoms with Crippen LogP contribution in [0.15, 0.2) is 24.4 Å². The summed E-state index contributed by atoms with van der Waals surface area (Å²) in [6.45, 7) is 0. The SMILES string of the molecule is CN(C)C(=O)Nc1cccc2c1cnn2C. The zero-order chi connectivity index (χ0) is 11.7. The van der Waals surface area contributed by atoms with Crippen LogP contribution in [0.2, 0.25) is 0 Å². The summed E-state index contributed by atoms with van der Waals surface area (Å²) in [5.74, 6) is 0. The highest BCUT2D eigenvalue weighted by molar-refractivity contribution is 6.00. The number of benzene rings is 1. The van der Waals surface area contributed by atoms with Crippen LogP contribution in [-0.2, 0) is 7.05 Å². The fraction of sp³-hybridized carbons (Fsp3) is 0.273. The number of hydrogen-bond acceptors (Lipinski definition) is 2. The van der Waals surface area contributed by atoms with Gasteiger partial charge < -0.3 is 10.2 Å². The van der Waals surface area contributed by atoms with E-state index >= 15 is 0 Å². The maximum absolute atomic E-state index is 11.6. The molecule has 5 nitrogen and oxygen atoms in total. The number of hydrogen-bond donors (Lipinski definition) is 1. The van der Waals surface area contributed by atoms with E-state index in [1.807, 2.05) is 25.2 Å². The highest BCUT2D eigenvalue weighted by Gasteiger charge is 2.08. The van der Waals surface area contributed by atoms with Crippen molar-refractivity contribution in [2.24, 2.45) is 7.05 Å². The van der Waals surface area contributed by atoms with E-state index < -0.39 is 0 Å². The average molecular weight is 218 g/mol. The van der Waals surface area contributed by atoms with E-state index in [4.69, 9.17) is 0 Å². The molecule has 2 amide bonds. The van der Waals surface area contributed by atoms with Gasteiger partial charge in [0.1, 0.15) is 0 Å². The van der Waals surface area contributed by atoms with Gasteiger partial charge in [0.15, 0.2) is 0 Å². The third-order valence-electron chi connectivity index (χ3n) is 2.44. The van der Waals surface area contributed by atoms with E-state index in [0.717, 1.165) is 16.6 Å². The summed E-state index contributed by atoms with van der Waals surface area (Å²) in [4.78, 5) is 13.0. The van der Waals surface area contributed by atoms with E-state index in [9.17, 15) is 4.79 Å². The normalized spacial score (nSPS) is 10.4. The van der Waals surface area contributed by atoms with Crippen molar-refractivity contribution in [3.8, 4) is 0 Å². The third kappa shape index (κ3) is 1.71. The van der Waals surface area contributed by atoms with Gasteiger partial charge >= 0.3 is 6.03 Å². The molecule has 0 radical (unpaired) electrons. The van der Waals surface area contributed by atoms with E-state index in [2.05, 4.69) is 10.4 Å². The molecule has 1 N–H and O–H groups in total.